The molecule has 1 aromatic rings. The van der Waals surface area contributed by atoms with E-state index in [1.165, 1.54) is 12.0 Å². The van der Waals surface area contributed by atoms with Gasteiger partial charge < -0.3 is 10.4 Å². The van der Waals surface area contributed by atoms with Gasteiger partial charge in [-0.2, -0.15) is 0 Å². The van der Waals surface area contributed by atoms with Crippen LogP contribution in [0.2, 0.25) is 0 Å². The number of nitrogens with one attached hydrogen (secondary N) is 1. The van der Waals surface area contributed by atoms with Crippen molar-refractivity contribution in [3.05, 3.63) is 21.9 Å². The Morgan fingerprint density at radius 2 is 2.28 bits per heavy atom. The molecule has 0 spiro atoms. The highest BCUT2D eigenvalue weighted by atomic mass is 32.1. The van der Waals surface area contributed by atoms with Crippen molar-refractivity contribution in [3.63, 3.8) is 0 Å². The molecule has 2 rings (SSSR count). The zero-order valence-corrected chi connectivity index (χ0v) is 12.3. The van der Waals surface area contributed by atoms with E-state index in [0.717, 1.165) is 25.9 Å². The molecule has 0 amide bonds. The molecule has 2 heterocycles. The topological polar surface area (TPSA) is 49.3 Å². The van der Waals surface area contributed by atoms with E-state index >= 15 is 0 Å². The molecule has 0 bridgehead atoms. The third-order valence-corrected chi connectivity index (χ3v) is 4.16. The number of aliphatic carboxylic acids is 1. The highest BCUT2D eigenvalue weighted by Gasteiger charge is 2.25. The van der Waals surface area contributed by atoms with Gasteiger partial charge >= 0.3 is 5.97 Å². The van der Waals surface area contributed by atoms with Gasteiger partial charge in [-0.25, -0.2) is 0 Å². The summed E-state index contributed by atoms with van der Waals surface area (Å²) >= 11 is 1.89. The van der Waals surface area contributed by atoms with Crippen molar-refractivity contribution in [2.24, 2.45) is 5.41 Å². The lowest BCUT2D eigenvalue weighted by Gasteiger charge is -2.16. The lowest BCUT2D eigenvalue weighted by molar-refractivity contribution is -0.147. The van der Waals surface area contributed by atoms with E-state index in [2.05, 4.69) is 16.8 Å². The zero-order chi connectivity index (χ0) is 13.6. The van der Waals surface area contributed by atoms with E-state index in [1.54, 1.807) is 18.7 Å². The average molecular weight is 269 g/mol. The molecule has 1 aromatic heterocycles. The summed E-state index contributed by atoms with van der Waals surface area (Å²) in [4.78, 5) is 12.0. The molecule has 0 aromatic carbocycles. The van der Waals surface area contributed by atoms with Crippen molar-refractivity contribution in [1.82, 2.24) is 5.32 Å². The Labute approximate surface area is 113 Å². The summed E-state index contributed by atoms with van der Waals surface area (Å²) in [6.07, 6.45) is 2.91. The van der Waals surface area contributed by atoms with Gasteiger partial charge in [-0.05, 0) is 43.7 Å². The molecule has 2 N–H and O–H groups in total. The Morgan fingerprint density at radius 1 is 1.56 bits per heavy atom. The Balaban J connectivity index is 0.000000180. The SMILES string of the molecule is CCCC(C)(C)C(=O)O.c1cc2c(s1)CCNC2. The number of rotatable bonds is 3. The average Bonchev–Trinajstić information content (AvgIpc) is 2.77. The van der Waals surface area contributed by atoms with Crippen LogP contribution in [0.1, 0.15) is 44.1 Å². The summed E-state index contributed by atoms with van der Waals surface area (Å²) < 4.78 is 0. The first-order valence-electron chi connectivity index (χ1n) is 6.46. The molecule has 4 heteroatoms. The minimum Gasteiger partial charge on any atom is -0.481 e. The number of carboxylic acid groups (broad SMARTS) is 1. The summed E-state index contributed by atoms with van der Waals surface area (Å²) in [6, 6.07) is 2.21. The summed E-state index contributed by atoms with van der Waals surface area (Å²) in [5.41, 5.74) is 0.973. The van der Waals surface area contributed by atoms with Crippen LogP contribution in [0.4, 0.5) is 0 Å². The fourth-order valence-corrected chi connectivity index (χ4v) is 2.81. The van der Waals surface area contributed by atoms with Crippen molar-refractivity contribution in [2.45, 2.75) is 46.6 Å². The quantitative estimate of drug-likeness (QED) is 0.885. The number of carboxylic acids is 1. The lowest BCUT2D eigenvalue weighted by atomic mass is 9.88. The van der Waals surface area contributed by atoms with Crippen molar-refractivity contribution in [2.75, 3.05) is 6.54 Å². The summed E-state index contributed by atoms with van der Waals surface area (Å²) in [5, 5.41) is 14.1. The molecule has 0 radical (unpaired) electrons. The highest BCUT2D eigenvalue weighted by Crippen LogP contribution is 2.21. The van der Waals surface area contributed by atoms with E-state index in [-0.39, 0.29) is 0 Å². The molecule has 0 unspecified atom stereocenters. The van der Waals surface area contributed by atoms with Gasteiger partial charge in [0, 0.05) is 18.0 Å². The molecule has 1 aliphatic rings. The lowest BCUT2D eigenvalue weighted by Crippen LogP contribution is -2.22. The van der Waals surface area contributed by atoms with Crippen molar-refractivity contribution in [1.29, 1.82) is 0 Å². The van der Waals surface area contributed by atoms with Gasteiger partial charge in [-0.3, -0.25) is 4.79 Å². The standard InChI is InChI=1S/C7H9NS.C7H14O2/c1-3-8-5-6-2-4-9-7(1)6;1-4-5-7(2,3)6(8)9/h2,4,8H,1,3,5H2;4-5H2,1-3H3,(H,8,9). The molecule has 0 saturated carbocycles. The van der Waals surface area contributed by atoms with E-state index in [0.29, 0.717) is 0 Å². The maximum absolute atomic E-state index is 10.4. The number of fused-ring (bicyclic) bond motifs is 1. The molecule has 18 heavy (non-hydrogen) atoms. The van der Waals surface area contributed by atoms with E-state index in [1.807, 2.05) is 18.3 Å². The molecule has 0 fully saturated rings. The van der Waals surface area contributed by atoms with Gasteiger partial charge in [0.2, 0.25) is 0 Å². The Morgan fingerprint density at radius 3 is 2.78 bits per heavy atom. The summed E-state index contributed by atoms with van der Waals surface area (Å²) in [5.74, 6) is -0.704. The first-order chi connectivity index (χ1) is 8.47. The highest BCUT2D eigenvalue weighted by molar-refractivity contribution is 7.10. The van der Waals surface area contributed by atoms with Crippen LogP contribution in [-0.2, 0) is 17.8 Å². The Bertz CT molecular complexity index is 364. The Hall–Kier alpha value is -0.870. The molecule has 0 aliphatic carbocycles. The van der Waals surface area contributed by atoms with Crippen LogP contribution in [0.25, 0.3) is 0 Å². The van der Waals surface area contributed by atoms with E-state index in [9.17, 15) is 4.79 Å². The molecule has 0 saturated heterocycles. The van der Waals surface area contributed by atoms with Gasteiger partial charge in [-0.15, -0.1) is 11.3 Å². The summed E-state index contributed by atoms with van der Waals surface area (Å²) in [7, 11) is 0. The van der Waals surface area contributed by atoms with Crippen LogP contribution in [0.15, 0.2) is 11.4 Å². The fraction of sp³-hybridized carbons (Fsp3) is 0.643. The zero-order valence-electron chi connectivity index (χ0n) is 11.5. The maximum Gasteiger partial charge on any atom is 0.309 e. The molecular formula is C14H23NO2S. The van der Waals surface area contributed by atoms with E-state index < -0.39 is 11.4 Å². The number of hydrogen-bond donors (Lipinski definition) is 2. The van der Waals surface area contributed by atoms with Crippen LogP contribution in [0.5, 0.6) is 0 Å². The second-order valence-corrected chi connectivity index (χ2v) is 6.24. The minimum absolute atomic E-state index is 0.533. The third-order valence-electron chi connectivity index (χ3n) is 3.14. The number of thiophene rings is 1. The van der Waals surface area contributed by atoms with Crippen molar-refractivity contribution < 1.29 is 9.90 Å². The van der Waals surface area contributed by atoms with Crippen LogP contribution >= 0.6 is 11.3 Å². The second kappa shape index (κ2) is 6.90. The normalized spacial score (nSPS) is 14.4. The molecule has 1 aliphatic heterocycles. The first kappa shape index (κ1) is 15.2. The van der Waals surface area contributed by atoms with Crippen molar-refractivity contribution >= 4 is 17.3 Å². The monoisotopic (exact) mass is 269 g/mol. The van der Waals surface area contributed by atoms with Gasteiger partial charge in [-0.1, -0.05) is 13.3 Å². The molecule has 0 atom stereocenters. The fourth-order valence-electron chi connectivity index (χ4n) is 1.90. The van der Waals surface area contributed by atoms with Crippen LogP contribution in [0, 0.1) is 5.41 Å². The smallest absolute Gasteiger partial charge is 0.309 e. The Kier molecular flexibility index (Phi) is 5.82. The largest absolute Gasteiger partial charge is 0.481 e. The number of hydrogen-bond acceptors (Lipinski definition) is 3. The summed E-state index contributed by atoms with van der Waals surface area (Å²) in [6.45, 7) is 7.73. The molecular weight excluding hydrogens is 246 g/mol. The van der Waals surface area contributed by atoms with Crippen molar-refractivity contribution in [3.8, 4) is 0 Å². The molecule has 102 valence electrons. The number of carbonyl (C=O) groups is 1. The van der Waals surface area contributed by atoms with Gasteiger partial charge in [0.15, 0.2) is 0 Å². The molecule has 3 nitrogen and oxygen atoms in total. The third kappa shape index (κ3) is 4.42. The van der Waals surface area contributed by atoms with Gasteiger partial charge in [0.25, 0.3) is 0 Å². The predicted octanol–water partition coefficient (Wildman–Crippen LogP) is 3.29. The van der Waals surface area contributed by atoms with Crippen LogP contribution in [-0.4, -0.2) is 17.6 Å². The predicted molar refractivity (Wildman–Crippen MR) is 76.1 cm³/mol. The van der Waals surface area contributed by atoms with E-state index in [4.69, 9.17) is 5.11 Å². The second-order valence-electron chi connectivity index (χ2n) is 5.23. The van der Waals surface area contributed by atoms with Gasteiger partial charge in [0.1, 0.15) is 0 Å². The first-order valence-corrected chi connectivity index (χ1v) is 7.34. The maximum atomic E-state index is 10.4. The van der Waals surface area contributed by atoms with Crippen LogP contribution < -0.4 is 5.32 Å². The minimum atomic E-state index is -0.704. The van der Waals surface area contributed by atoms with Crippen LogP contribution in [0.3, 0.4) is 0 Å². The van der Waals surface area contributed by atoms with Gasteiger partial charge in [0.05, 0.1) is 5.41 Å².